The van der Waals surface area contributed by atoms with Crippen molar-refractivity contribution in [1.29, 1.82) is 5.26 Å². The Hall–Kier alpha value is -2.59. The number of ether oxygens (including phenoxy) is 1. The number of carbonyl (C=O) groups excluding carboxylic acids is 2. The Morgan fingerprint density at radius 3 is 2.76 bits per heavy atom. The number of carbonyl (C=O) groups is 2. The molecule has 0 unspecified atom stereocenters. The van der Waals surface area contributed by atoms with Crippen LogP contribution >= 0.6 is 11.6 Å². The number of likely N-dealkylation sites (tertiary alicyclic amines) is 1. The Morgan fingerprint density at radius 1 is 1.48 bits per heavy atom. The lowest BCUT2D eigenvalue weighted by atomic mass is 9.96. The van der Waals surface area contributed by atoms with Crippen molar-refractivity contribution >= 4 is 29.3 Å². The van der Waals surface area contributed by atoms with Gasteiger partial charge in [0.05, 0.1) is 17.5 Å². The van der Waals surface area contributed by atoms with Gasteiger partial charge >= 0.3 is 5.97 Å². The van der Waals surface area contributed by atoms with Gasteiger partial charge < -0.3 is 15.0 Å². The Bertz CT molecular complexity index is 689. The molecular formula is C17H19ClN4O3. The van der Waals surface area contributed by atoms with Crippen molar-refractivity contribution in [2.24, 2.45) is 5.92 Å². The first-order valence-electron chi connectivity index (χ1n) is 7.99. The van der Waals surface area contributed by atoms with Crippen LogP contribution in [0, 0.1) is 17.2 Å². The highest BCUT2D eigenvalue weighted by Gasteiger charge is 2.29. The standard InChI is InChI=1S/C17H19ClN4O3/c1-2-25-17(24)12-5-7-22(8-6-12)16(23)13(9-19)10-20-15-4-3-14(18)11-21-15/h3-4,10-12H,2,5-8H2,1H3,(H,20,21)/b13-10-. The van der Waals surface area contributed by atoms with E-state index in [9.17, 15) is 14.9 Å². The van der Waals surface area contributed by atoms with E-state index < -0.39 is 0 Å². The van der Waals surface area contributed by atoms with Gasteiger partial charge in [-0.05, 0) is 31.9 Å². The molecule has 1 aromatic heterocycles. The third-order valence-corrected chi connectivity index (χ3v) is 4.07. The number of hydrogen-bond donors (Lipinski definition) is 1. The minimum Gasteiger partial charge on any atom is -0.466 e. The molecule has 1 N–H and O–H groups in total. The second-order valence-electron chi connectivity index (χ2n) is 5.49. The van der Waals surface area contributed by atoms with E-state index in [0.717, 1.165) is 0 Å². The third kappa shape index (κ3) is 5.19. The summed E-state index contributed by atoms with van der Waals surface area (Å²) >= 11 is 5.76. The number of amides is 1. The number of piperidine rings is 1. The van der Waals surface area contributed by atoms with Crippen LogP contribution in [0.1, 0.15) is 19.8 Å². The highest BCUT2D eigenvalue weighted by molar-refractivity contribution is 6.30. The predicted molar refractivity (Wildman–Crippen MR) is 92.5 cm³/mol. The summed E-state index contributed by atoms with van der Waals surface area (Å²) in [4.78, 5) is 29.8. The molecule has 0 spiro atoms. The van der Waals surface area contributed by atoms with Crippen molar-refractivity contribution in [1.82, 2.24) is 9.88 Å². The van der Waals surface area contributed by atoms with Gasteiger partial charge in [0, 0.05) is 25.5 Å². The van der Waals surface area contributed by atoms with Crippen LogP contribution in [0.15, 0.2) is 30.1 Å². The monoisotopic (exact) mass is 362 g/mol. The summed E-state index contributed by atoms with van der Waals surface area (Å²) in [7, 11) is 0. The van der Waals surface area contributed by atoms with Gasteiger partial charge in [-0.25, -0.2) is 4.98 Å². The summed E-state index contributed by atoms with van der Waals surface area (Å²) < 4.78 is 5.01. The van der Waals surface area contributed by atoms with E-state index >= 15 is 0 Å². The van der Waals surface area contributed by atoms with Gasteiger partial charge in [0.25, 0.3) is 5.91 Å². The molecular weight excluding hydrogens is 344 g/mol. The van der Waals surface area contributed by atoms with Crippen molar-refractivity contribution in [3.05, 3.63) is 35.1 Å². The topological polar surface area (TPSA) is 95.3 Å². The van der Waals surface area contributed by atoms with Crippen LogP contribution in [0.5, 0.6) is 0 Å². The average molecular weight is 363 g/mol. The molecule has 0 aliphatic carbocycles. The number of halogens is 1. The molecule has 25 heavy (non-hydrogen) atoms. The van der Waals surface area contributed by atoms with E-state index in [4.69, 9.17) is 16.3 Å². The normalized spacial score (nSPS) is 15.4. The number of hydrogen-bond acceptors (Lipinski definition) is 6. The summed E-state index contributed by atoms with van der Waals surface area (Å²) in [6.45, 7) is 2.95. The molecule has 132 valence electrons. The van der Waals surface area contributed by atoms with Crippen LogP contribution in [0.4, 0.5) is 5.82 Å². The van der Waals surface area contributed by atoms with Crippen LogP contribution in [0.3, 0.4) is 0 Å². The van der Waals surface area contributed by atoms with Crippen LogP contribution in [0.25, 0.3) is 0 Å². The van der Waals surface area contributed by atoms with Gasteiger partial charge in [-0.1, -0.05) is 11.6 Å². The summed E-state index contributed by atoms with van der Waals surface area (Å²) in [6.07, 6.45) is 3.87. The van der Waals surface area contributed by atoms with E-state index in [1.807, 2.05) is 6.07 Å². The lowest BCUT2D eigenvalue weighted by Crippen LogP contribution is -2.41. The minimum atomic E-state index is -0.369. The Morgan fingerprint density at radius 2 is 2.20 bits per heavy atom. The quantitative estimate of drug-likeness (QED) is 0.490. The number of esters is 1. The zero-order chi connectivity index (χ0) is 18.2. The second-order valence-corrected chi connectivity index (χ2v) is 5.93. The van der Waals surface area contributed by atoms with Crippen molar-refractivity contribution in [2.45, 2.75) is 19.8 Å². The number of nitriles is 1. The zero-order valence-corrected chi connectivity index (χ0v) is 14.6. The number of nitrogens with one attached hydrogen (secondary N) is 1. The van der Waals surface area contributed by atoms with Gasteiger partial charge in [0.1, 0.15) is 17.5 Å². The van der Waals surface area contributed by atoms with Gasteiger partial charge in [-0.3, -0.25) is 9.59 Å². The maximum Gasteiger partial charge on any atom is 0.309 e. The van der Waals surface area contributed by atoms with Crippen molar-refractivity contribution < 1.29 is 14.3 Å². The number of pyridine rings is 1. The molecule has 2 rings (SSSR count). The fourth-order valence-electron chi connectivity index (χ4n) is 2.50. The Balaban J connectivity index is 1.94. The fraction of sp³-hybridized carbons (Fsp3) is 0.412. The molecule has 1 aromatic rings. The zero-order valence-electron chi connectivity index (χ0n) is 13.9. The SMILES string of the molecule is CCOC(=O)C1CCN(C(=O)/C(C#N)=C\Nc2ccc(Cl)cn2)CC1. The molecule has 0 saturated carbocycles. The molecule has 0 atom stereocenters. The van der Waals surface area contributed by atoms with E-state index in [-0.39, 0.29) is 23.4 Å². The number of anilines is 1. The molecule has 7 nitrogen and oxygen atoms in total. The first-order valence-corrected chi connectivity index (χ1v) is 8.37. The van der Waals surface area contributed by atoms with Gasteiger partial charge in [-0.2, -0.15) is 5.26 Å². The lowest BCUT2D eigenvalue weighted by molar-refractivity contribution is -0.150. The summed E-state index contributed by atoms with van der Waals surface area (Å²) in [5.74, 6) is -0.298. The average Bonchev–Trinajstić information content (AvgIpc) is 2.64. The first kappa shape index (κ1) is 18.7. The molecule has 1 saturated heterocycles. The third-order valence-electron chi connectivity index (χ3n) is 3.84. The smallest absolute Gasteiger partial charge is 0.309 e. The molecule has 8 heteroatoms. The molecule has 1 aliphatic heterocycles. The van der Waals surface area contributed by atoms with Crippen LogP contribution < -0.4 is 5.32 Å². The largest absolute Gasteiger partial charge is 0.466 e. The highest BCUT2D eigenvalue weighted by atomic mass is 35.5. The number of rotatable bonds is 5. The molecule has 0 bridgehead atoms. The van der Waals surface area contributed by atoms with E-state index in [1.54, 1.807) is 24.0 Å². The molecule has 1 fully saturated rings. The molecule has 2 heterocycles. The summed E-state index contributed by atoms with van der Waals surface area (Å²) in [5.41, 5.74) is -0.0219. The molecule has 0 radical (unpaired) electrons. The van der Waals surface area contributed by atoms with Crippen molar-refractivity contribution in [3.8, 4) is 6.07 Å². The van der Waals surface area contributed by atoms with Gasteiger partial charge in [0.15, 0.2) is 0 Å². The first-order chi connectivity index (χ1) is 12.0. The summed E-state index contributed by atoms with van der Waals surface area (Å²) in [6, 6.07) is 5.19. The van der Waals surface area contributed by atoms with Crippen LogP contribution in [0.2, 0.25) is 5.02 Å². The number of nitrogens with zero attached hydrogens (tertiary/aromatic N) is 3. The van der Waals surface area contributed by atoms with Crippen molar-refractivity contribution in [2.75, 3.05) is 25.0 Å². The number of aromatic nitrogens is 1. The Kier molecular flexibility index (Phi) is 6.78. The lowest BCUT2D eigenvalue weighted by Gasteiger charge is -2.30. The predicted octanol–water partition coefficient (Wildman–Crippen LogP) is 2.36. The highest BCUT2D eigenvalue weighted by Crippen LogP contribution is 2.20. The molecule has 0 aromatic carbocycles. The fourth-order valence-corrected chi connectivity index (χ4v) is 2.61. The minimum absolute atomic E-state index is 0.0219. The van der Waals surface area contributed by atoms with Gasteiger partial charge in [-0.15, -0.1) is 0 Å². The second kappa shape index (κ2) is 9.04. The van der Waals surface area contributed by atoms with E-state index in [1.165, 1.54) is 12.4 Å². The maximum atomic E-state index is 12.4. The van der Waals surface area contributed by atoms with Crippen molar-refractivity contribution in [3.63, 3.8) is 0 Å². The van der Waals surface area contributed by atoms with Crippen LogP contribution in [-0.2, 0) is 14.3 Å². The van der Waals surface area contributed by atoms with E-state index in [0.29, 0.717) is 43.4 Å². The molecule has 1 amide bonds. The summed E-state index contributed by atoms with van der Waals surface area (Å²) in [5, 5.41) is 12.5. The van der Waals surface area contributed by atoms with E-state index in [2.05, 4.69) is 10.3 Å². The Labute approximate surface area is 151 Å². The maximum absolute atomic E-state index is 12.4. The van der Waals surface area contributed by atoms with Crippen LogP contribution in [-0.4, -0.2) is 41.5 Å². The molecule has 1 aliphatic rings. The van der Waals surface area contributed by atoms with Gasteiger partial charge in [0.2, 0.25) is 0 Å².